The molecule has 0 saturated heterocycles. The van der Waals surface area contributed by atoms with Crippen molar-refractivity contribution >= 4 is 22.6 Å². The topological polar surface area (TPSA) is 55.1 Å². The number of rotatable bonds is 1. The van der Waals surface area contributed by atoms with E-state index in [9.17, 15) is 9.90 Å². The molecule has 2 atom stereocenters. The van der Waals surface area contributed by atoms with Crippen molar-refractivity contribution in [2.24, 2.45) is 0 Å². The number of aliphatic hydroxyl groups excluding tert-OH is 1. The summed E-state index contributed by atoms with van der Waals surface area (Å²) in [5, 5.41) is 9.67. The third kappa shape index (κ3) is 1.70. The van der Waals surface area contributed by atoms with Gasteiger partial charge in [-0.2, -0.15) is 0 Å². The van der Waals surface area contributed by atoms with Crippen molar-refractivity contribution in [2.75, 3.05) is 0 Å². The van der Waals surface area contributed by atoms with Crippen molar-refractivity contribution in [2.45, 2.75) is 31.4 Å². The molecule has 0 amide bonds. The van der Waals surface area contributed by atoms with E-state index < -0.39 is 6.10 Å². The number of aliphatic hydroxyl groups is 1. The number of halogens is 1. The molecule has 1 aromatic heterocycles. The highest BCUT2D eigenvalue weighted by Gasteiger charge is 2.27. The highest BCUT2D eigenvalue weighted by Crippen LogP contribution is 2.28. The SMILES string of the molecule is O=c1c(I)cncn1[C@H]1CCC[C@@H]1O. The van der Waals surface area contributed by atoms with Crippen LogP contribution in [0.25, 0.3) is 0 Å². The molecule has 14 heavy (non-hydrogen) atoms. The van der Waals surface area contributed by atoms with Crippen molar-refractivity contribution in [3.8, 4) is 0 Å². The summed E-state index contributed by atoms with van der Waals surface area (Å²) in [7, 11) is 0. The van der Waals surface area contributed by atoms with Crippen LogP contribution in [0.5, 0.6) is 0 Å². The lowest BCUT2D eigenvalue weighted by Crippen LogP contribution is -2.30. The Morgan fingerprint density at radius 3 is 3.00 bits per heavy atom. The van der Waals surface area contributed by atoms with Gasteiger partial charge in [-0.1, -0.05) is 0 Å². The number of nitrogens with zero attached hydrogens (tertiary/aromatic N) is 2. The monoisotopic (exact) mass is 306 g/mol. The Hall–Kier alpha value is -0.430. The van der Waals surface area contributed by atoms with Crippen molar-refractivity contribution in [3.63, 3.8) is 0 Å². The van der Waals surface area contributed by atoms with E-state index in [1.807, 2.05) is 22.6 Å². The first-order chi connectivity index (χ1) is 6.70. The minimum Gasteiger partial charge on any atom is -0.391 e. The van der Waals surface area contributed by atoms with E-state index in [2.05, 4.69) is 4.98 Å². The summed E-state index contributed by atoms with van der Waals surface area (Å²) in [5.74, 6) is 0. The van der Waals surface area contributed by atoms with Gasteiger partial charge in [-0.05, 0) is 41.9 Å². The molecule has 1 N–H and O–H groups in total. The summed E-state index contributed by atoms with van der Waals surface area (Å²) in [4.78, 5) is 15.7. The molecular formula is C9H11IN2O2. The van der Waals surface area contributed by atoms with E-state index in [4.69, 9.17) is 0 Å². The van der Waals surface area contributed by atoms with Gasteiger partial charge in [-0.25, -0.2) is 4.98 Å². The maximum Gasteiger partial charge on any atom is 0.267 e. The van der Waals surface area contributed by atoms with Crippen LogP contribution in [0.2, 0.25) is 0 Å². The van der Waals surface area contributed by atoms with Crippen LogP contribution in [0.3, 0.4) is 0 Å². The molecule has 1 aliphatic rings. The molecule has 0 unspecified atom stereocenters. The van der Waals surface area contributed by atoms with Crippen LogP contribution in [-0.4, -0.2) is 20.8 Å². The minimum atomic E-state index is -0.396. The van der Waals surface area contributed by atoms with Crippen molar-refractivity contribution < 1.29 is 5.11 Å². The molecular weight excluding hydrogens is 295 g/mol. The van der Waals surface area contributed by atoms with Gasteiger partial charge >= 0.3 is 0 Å². The third-order valence-electron chi connectivity index (χ3n) is 2.62. The van der Waals surface area contributed by atoms with E-state index in [0.717, 1.165) is 19.3 Å². The van der Waals surface area contributed by atoms with Crippen LogP contribution in [0.4, 0.5) is 0 Å². The molecule has 0 bridgehead atoms. The van der Waals surface area contributed by atoms with Gasteiger partial charge in [0.15, 0.2) is 0 Å². The fraction of sp³-hybridized carbons (Fsp3) is 0.556. The molecule has 76 valence electrons. The van der Waals surface area contributed by atoms with Gasteiger partial charge in [0.05, 0.1) is 22.0 Å². The van der Waals surface area contributed by atoms with Crippen LogP contribution in [0, 0.1) is 3.57 Å². The second-order valence-electron chi connectivity index (χ2n) is 3.52. The Balaban J connectivity index is 2.41. The average Bonchev–Trinajstić information content (AvgIpc) is 2.57. The fourth-order valence-electron chi connectivity index (χ4n) is 1.88. The number of hydrogen-bond donors (Lipinski definition) is 1. The van der Waals surface area contributed by atoms with Gasteiger partial charge < -0.3 is 5.11 Å². The zero-order chi connectivity index (χ0) is 10.1. The third-order valence-corrected chi connectivity index (χ3v) is 3.36. The lowest BCUT2D eigenvalue weighted by molar-refractivity contribution is 0.134. The molecule has 0 spiro atoms. The molecule has 4 nitrogen and oxygen atoms in total. The van der Waals surface area contributed by atoms with Crippen LogP contribution in [0.1, 0.15) is 25.3 Å². The van der Waals surface area contributed by atoms with E-state index in [-0.39, 0.29) is 11.6 Å². The summed E-state index contributed by atoms with van der Waals surface area (Å²) >= 11 is 1.97. The second-order valence-corrected chi connectivity index (χ2v) is 4.68. The minimum absolute atomic E-state index is 0.0495. The maximum atomic E-state index is 11.7. The van der Waals surface area contributed by atoms with E-state index in [0.29, 0.717) is 3.57 Å². The Morgan fingerprint density at radius 1 is 1.57 bits per heavy atom. The van der Waals surface area contributed by atoms with E-state index >= 15 is 0 Å². The first-order valence-corrected chi connectivity index (χ1v) is 5.67. The summed E-state index contributed by atoms with van der Waals surface area (Å²) in [6.45, 7) is 0. The van der Waals surface area contributed by atoms with Gasteiger partial charge in [0.25, 0.3) is 5.56 Å². The quantitative estimate of drug-likeness (QED) is 0.786. The first kappa shape index (κ1) is 10.1. The predicted molar refractivity (Wildman–Crippen MR) is 60.1 cm³/mol. The molecule has 1 heterocycles. The summed E-state index contributed by atoms with van der Waals surface area (Å²) < 4.78 is 2.16. The molecule has 1 aliphatic carbocycles. The Labute approximate surface area is 95.1 Å². The second kappa shape index (κ2) is 3.98. The number of hydrogen-bond acceptors (Lipinski definition) is 3. The fourth-order valence-corrected chi connectivity index (χ4v) is 2.32. The van der Waals surface area contributed by atoms with Crippen LogP contribution >= 0.6 is 22.6 Å². The van der Waals surface area contributed by atoms with E-state index in [1.165, 1.54) is 6.33 Å². The van der Waals surface area contributed by atoms with Crippen LogP contribution in [0.15, 0.2) is 17.3 Å². The standard InChI is InChI=1S/C9H11IN2O2/c10-6-4-11-5-12(9(6)14)7-2-1-3-8(7)13/h4-5,7-8,13H,1-3H2/t7-,8-/m0/s1. The van der Waals surface area contributed by atoms with Gasteiger partial charge in [-0.15, -0.1) is 0 Å². The molecule has 1 fully saturated rings. The van der Waals surface area contributed by atoms with E-state index in [1.54, 1.807) is 10.8 Å². The smallest absolute Gasteiger partial charge is 0.267 e. The lowest BCUT2D eigenvalue weighted by atomic mass is 10.2. The van der Waals surface area contributed by atoms with Gasteiger partial charge in [0.1, 0.15) is 0 Å². The Morgan fingerprint density at radius 2 is 2.36 bits per heavy atom. The van der Waals surface area contributed by atoms with Gasteiger partial charge in [0.2, 0.25) is 0 Å². The predicted octanol–water partition coefficient (Wildman–Crippen LogP) is 0.934. The molecule has 0 radical (unpaired) electrons. The molecule has 0 aliphatic heterocycles. The van der Waals surface area contributed by atoms with Gasteiger partial charge in [0, 0.05) is 6.20 Å². The molecule has 0 aromatic carbocycles. The molecule has 2 rings (SSSR count). The van der Waals surface area contributed by atoms with Crippen molar-refractivity contribution in [3.05, 3.63) is 26.4 Å². The Bertz CT molecular complexity index is 391. The Kier molecular flexibility index (Phi) is 2.87. The summed E-state index contributed by atoms with van der Waals surface area (Å²) in [5.41, 5.74) is -0.0495. The summed E-state index contributed by atoms with van der Waals surface area (Å²) in [6.07, 6.45) is 5.28. The number of aromatic nitrogens is 2. The van der Waals surface area contributed by atoms with Crippen LogP contribution in [-0.2, 0) is 0 Å². The molecule has 1 saturated carbocycles. The lowest BCUT2D eigenvalue weighted by Gasteiger charge is -2.16. The average molecular weight is 306 g/mol. The summed E-state index contributed by atoms with van der Waals surface area (Å²) in [6, 6.07) is -0.0790. The zero-order valence-electron chi connectivity index (χ0n) is 7.56. The zero-order valence-corrected chi connectivity index (χ0v) is 9.72. The largest absolute Gasteiger partial charge is 0.391 e. The highest BCUT2D eigenvalue weighted by atomic mass is 127. The van der Waals surface area contributed by atoms with Crippen molar-refractivity contribution in [1.82, 2.24) is 9.55 Å². The first-order valence-electron chi connectivity index (χ1n) is 4.60. The van der Waals surface area contributed by atoms with Gasteiger partial charge in [-0.3, -0.25) is 9.36 Å². The molecule has 5 heteroatoms. The highest BCUT2D eigenvalue weighted by molar-refractivity contribution is 14.1. The van der Waals surface area contributed by atoms with Crippen LogP contribution < -0.4 is 5.56 Å². The normalized spacial score (nSPS) is 26.7. The molecule has 1 aromatic rings. The maximum absolute atomic E-state index is 11.7. The van der Waals surface area contributed by atoms with Crippen molar-refractivity contribution in [1.29, 1.82) is 0 Å².